The van der Waals surface area contributed by atoms with Crippen LogP contribution in [0.1, 0.15) is 30.0 Å². The molecule has 136 valence electrons. The number of hydrogen-bond donors (Lipinski definition) is 2. The molecular weight excluding hydrogens is 359 g/mol. The average Bonchev–Trinajstić information content (AvgIpc) is 3.37. The molecule has 0 amide bonds. The van der Waals surface area contributed by atoms with Gasteiger partial charge in [0.1, 0.15) is 11.3 Å². The van der Waals surface area contributed by atoms with Crippen LogP contribution in [0.4, 0.5) is 13.2 Å². The smallest absolute Gasteiger partial charge is 0.431 e. The molecule has 0 aromatic carbocycles. The van der Waals surface area contributed by atoms with Crippen molar-refractivity contribution in [3.05, 3.63) is 42.0 Å². The Labute approximate surface area is 150 Å². The minimum atomic E-state index is -4.52. The lowest BCUT2D eigenvalue weighted by Gasteiger charge is -2.08. The average molecular weight is 371 g/mol. The summed E-state index contributed by atoms with van der Waals surface area (Å²) >= 11 is 0. The van der Waals surface area contributed by atoms with Gasteiger partial charge in [-0.05, 0) is 36.5 Å². The third-order valence-corrected chi connectivity index (χ3v) is 4.71. The Morgan fingerprint density at radius 3 is 2.70 bits per heavy atom. The summed E-state index contributed by atoms with van der Waals surface area (Å²) in [6.45, 7) is 0. The van der Waals surface area contributed by atoms with E-state index in [-0.39, 0.29) is 22.7 Å². The first-order valence-corrected chi connectivity index (χ1v) is 8.32. The molecule has 1 saturated carbocycles. The number of halogens is 3. The van der Waals surface area contributed by atoms with Gasteiger partial charge in [-0.25, -0.2) is 9.97 Å². The van der Waals surface area contributed by atoms with E-state index in [0.29, 0.717) is 22.4 Å². The quantitative estimate of drug-likeness (QED) is 0.552. The molecular formula is C18H12F3N5O. The molecule has 0 aliphatic heterocycles. The van der Waals surface area contributed by atoms with Crippen LogP contribution in [0.25, 0.3) is 33.3 Å². The van der Waals surface area contributed by atoms with E-state index in [1.54, 1.807) is 6.20 Å². The number of alkyl halides is 3. The van der Waals surface area contributed by atoms with Crippen LogP contribution in [0, 0.1) is 0 Å². The highest BCUT2D eigenvalue weighted by molar-refractivity contribution is 5.94. The molecule has 5 rings (SSSR count). The minimum absolute atomic E-state index is 0.0767. The molecule has 0 unspecified atom stereocenters. The van der Waals surface area contributed by atoms with Crippen LogP contribution in [0.5, 0.6) is 5.88 Å². The molecule has 9 heteroatoms. The van der Waals surface area contributed by atoms with Crippen molar-refractivity contribution in [3.8, 4) is 17.3 Å². The van der Waals surface area contributed by atoms with Crippen molar-refractivity contribution >= 4 is 21.9 Å². The maximum absolute atomic E-state index is 13.0. The number of aromatic hydroxyl groups is 1. The van der Waals surface area contributed by atoms with Gasteiger partial charge in [0, 0.05) is 23.3 Å². The molecule has 27 heavy (non-hydrogen) atoms. The van der Waals surface area contributed by atoms with E-state index in [1.807, 2.05) is 0 Å². The van der Waals surface area contributed by atoms with Gasteiger partial charge in [0.2, 0.25) is 5.88 Å². The van der Waals surface area contributed by atoms with E-state index in [0.717, 1.165) is 24.5 Å². The highest BCUT2D eigenvalue weighted by Crippen LogP contribution is 2.44. The van der Waals surface area contributed by atoms with E-state index >= 15 is 0 Å². The largest absolute Gasteiger partial charge is 0.493 e. The Balaban J connectivity index is 1.73. The number of nitrogens with zero attached hydrogens (tertiary/aromatic N) is 4. The second-order valence-corrected chi connectivity index (χ2v) is 6.57. The molecule has 6 nitrogen and oxygen atoms in total. The fourth-order valence-electron chi connectivity index (χ4n) is 3.29. The van der Waals surface area contributed by atoms with Crippen molar-refractivity contribution < 1.29 is 18.3 Å². The number of nitrogens with one attached hydrogen (secondary N) is 1. The molecule has 0 radical (unpaired) electrons. The van der Waals surface area contributed by atoms with Crippen molar-refractivity contribution in [2.45, 2.75) is 24.9 Å². The lowest BCUT2D eigenvalue weighted by Crippen LogP contribution is -2.04. The number of hydrogen-bond acceptors (Lipinski definition) is 5. The predicted octanol–water partition coefficient (Wildman–Crippen LogP) is 4.17. The first kappa shape index (κ1) is 16.0. The second-order valence-electron chi connectivity index (χ2n) is 6.57. The molecule has 1 aliphatic rings. The molecule has 1 fully saturated rings. The van der Waals surface area contributed by atoms with Crippen LogP contribution in [-0.4, -0.2) is 30.0 Å². The highest BCUT2D eigenvalue weighted by Gasteiger charge is 2.33. The molecule has 4 heterocycles. The summed E-state index contributed by atoms with van der Waals surface area (Å²) in [5.74, 6) is 0.263. The monoisotopic (exact) mass is 371 g/mol. The van der Waals surface area contributed by atoms with Gasteiger partial charge in [0.25, 0.3) is 0 Å². The molecule has 2 N–H and O–H groups in total. The third kappa shape index (κ3) is 2.57. The lowest BCUT2D eigenvalue weighted by atomic mass is 10.1. The number of aromatic amines is 1. The van der Waals surface area contributed by atoms with Crippen LogP contribution in [-0.2, 0) is 6.18 Å². The Bertz CT molecular complexity index is 1200. The number of pyridine rings is 2. The maximum Gasteiger partial charge on any atom is 0.431 e. The number of aromatic nitrogens is 5. The normalized spacial score (nSPS) is 14.9. The Kier molecular flexibility index (Phi) is 3.19. The molecule has 0 atom stereocenters. The molecule has 1 aliphatic carbocycles. The predicted molar refractivity (Wildman–Crippen MR) is 91.1 cm³/mol. The van der Waals surface area contributed by atoms with Gasteiger partial charge < -0.3 is 10.1 Å². The first-order valence-electron chi connectivity index (χ1n) is 8.32. The van der Waals surface area contributed by atoms with Gasteiger partial charge in [0.15, 0.2) is 5.82 Å². The van der Waals surface area contributed by atoms with E-state index in [4.69, 9.17) is 0 Å². The van der Waals surface area contributed by atoms with Crippen LogP contribution in [0.3, 0.4) is 0 Å². The molecule has 0 spiro atoms. The fourth-order valence-corrected chi connectivity index (χ4v) is 3.29. The summed E-state index contributed by atoms with van der Waals surface area (Å²) in [4.78, 5) is 19.0. The fraction of sp³-hybridized carbons (Fsp3) is 0.222. The number of fused-ring (bicyclic) bond motifs is 2. The summed E-state index contributed by atoms with van der Waals surface area (Å²) in [5, 5.41) is 11.3. The molecule has 0 saturated heterocycles. The van der Waals surface area contributed by atoms with Gasteiger partial charge in [-0.15, -0.1) is 0 Å². The van der Waals surface area contributed by atoms with Crippen molar-refractivity contribution in [2.24, 2.45) is 0 Å². The van der Waals surface area contributed by atoms with Crippen LogP contribution in [0.2, 0.25) is 0 Å². The Hall–Kier alpha value is -3.23. The third-order valence-electron chi connectivity index (χ3n) is 4.71. The standard InChI is InChI=1S/C18H12F3N5O/c19-18(20,21)13-5-10-9(3-4-23-15(10)25-13)16-24-12-7-22-6-11(8-1-2-8)14(12)17(27)26-16/h3-8H,1-2H2,(H,23,25)(H,24,26,27). The van der Waals surface area contributed by atoms with E-state index in [2.05, 4.69) is 24.9 Å². The van der Waals surface area contributed by atoms with Crippen molar-refractivity contribution in [2.75, 3.05) is 0 Å². The second kappa shape index (κ2) is 5.38. The minimum Gasteiger partial charge on any atom is -0.493 e. The van der Waals surface area contributed by atoms with Gasteiger partial charge in [-0.3, -0.25) is 4.98 Å². The summed E-state index contributed by atoms with van der Waals surface area (Å²) in [7, 11) is 0. The van der Waals surface area contributed by atoms with Crippen LogP contribution < -0.4 is 0 Å². The summed E-state index contributed by atoms with van der Waals surface area (Å²) in [5.41, 5.74) is 0.879. The maximum atomic E-state index is 13.0. The van der Waals surface area contributed by atoms with Crippen molar-refractivity contribution in [1.29, 1.82) is 0 Å². The Morgan fingerprint density at radius 1 is 1.15 bits per heavy atom. The SMILES string of the molecule is Oc1nc(-c2ccnc3[nH]c(C(F)(F)F)cc23)nc2cncc(C3CC3)c12. The van der Waals surface area contributed by atoms with E-state index in [1.165, 1.54) is 18.5 Å². The van der Waals surface area contributed by atoms with Crippen molar-refractivity contribution in [1.82, 2.24) is 24.9 Å². The van der Waals surface area contributed by atoms with Crippen molar-refractivity contribution in [3.63, 3.8) is 0 Å². The molecule has 4 aromatic rings. The highest BCUT2D eigenvalue weighted by atomic mass is 19.4. The first-order chi connectivity index (χ1) is 12.9. The topological polar surface area (TPSA) is 87.6 Å². The summed E-state index contributed by atoms with van der Waals surface area (Å²) in [6.07, 6.45) is 2.12. The lowest BCUT2D eigenvalue weighted by molar-refractivity contribution is -0.140. The molecule has 0 bridgehead atoms. The van der Waals surface area contributed by atoms with Crippen LogP contribution in [0.15, 0.2) is 30.7 Å². The zero-order chi connectivity index (χ0) is 18.8. The zero-order valence-electron chi connectivity index (χ0n) is 13.7. The number of H-pyrrole nitrogens is 1. The van der Waals surface area contributed by atoms with E-state index < -0.39 is 11.9 Å². The summed E-state index contributed by atoms with van der Waals surface area (Å²) in [6, 6.07) is 2.50. The zero-order valence-corrected chi connectivity index (χ0v) is 13.7. The number of rotatable bonds is 2. The van der Waals surface area contributed by atoms with Crippen LogP contribution >= 0.6 is 0 Å². The summed E-state index contributed by atoms with van der Waals surface area (Å²) < 4.78 is 39.1. The Morgan fingerprint density at radius 2 is 1.96 bits per heavy atom. The van der Waals surface area contributed by atoms with Gasteiger partial charge >= 0.3 is 6.18 Å². The van der Waals surface area contributed by atoms with E-state index in [9.17, 15) is 18.3 Å². The van der Waals surface area contributed by atoms with Gasteiger partial charge in [0.05, 0.1) is 17.1 Å². The van der Waals surface area contributed by atoms with Gasteiger partial charge in [-0.2, -0.15) is 18.2 Å². The van der Waals surface area contributed by atoms with Gasteiger partial charge in [-0.1, -0.05) is 0 Å². The molecule has 4 aromatic heterocycles.